The summed E-state index contributed by atoms with van der Waals surface area (Å²) in [6, 6.07) is 15.5. The van der Waals surface area contributed by atoms with Crippen LogP contribution < -0.4 is 5.32 Å². The van der Waals surface area contributed by atoms with Crippen LogP contribution in [-0.4, -0.2) is 18.4 Å². The average Bonchev–Trinajstić information content (AvgIpc) is 2.94. The summed E-state index contributed by atoms with van der Waals surface area (Å²) < 4.78 is 5.32. The van der Waals surface area contributed by atoms with Gasteiger partial charge in [-0.15, -0.1) is 0 Å². The number of carbonyl (C=O) groups excluding carboxylic acids is 2. The van der Waals surface area contributed by atoms with E-state index in [0.717, 1.165) is 28.1 Å². The summed E-state index contributed by atoms with van der Waals surface area (Å²) in [5, 5.41) is 3.30. The Morgan fingerprint density at radius 1 is 1.04 bits per heavy atom. The van der Waals surface area contributed by atoms with Gasteiger partial charge in [-0.3, -0.25) is 4.79 Å². The van der Waals surface area contributed by atoms with Crippen LogP contribution in [0.1, 0.15) is 46.8 Å². The van der Waals surface area contributed by atoms with E-state index < -0.39 is 5.92 Å². The molecule has 1 aliphatic carbocycles. The number of allylic oxidation sites excluding steroid dienone is 2. The lowest BCUT2D eigenvalue weighted by Crippen LogP contribution is -2.29. The van der Waals surface area contributed by atoms with Gasteiger partial charge in [0.2, 0.25) is 0 Å². The second kappa shape index (κ2) is 6.54. The number of nitrogens with one attached hydrogen (secondary N) is 1. The van der Waals surface area contributed by atoms with Crippen LogP contribution in [0.4, 0.5) is 0 Å². The van der Waals surface area contributed by atoms with Crippen LogP contribution in [0.2, 0.25) is 0 Å². The van der Waals surface area contributed by atoms with Gasteiger partial charge in [0.15, 0.2) is 5.78 Å². The third-order valence-corrected chi connectivity index (χ3v) is 5.15. The molecule has 0 radical (unpaired) electrons. The maximum absolute atomic E-state index is 13.2. The van der Waals surface area contributed by atoms with E-state index in [1.165, 1.54) is 0 Å². The largest absolute Gasteiger partial charge is 0.463 e. The Kier molecular flexibility index (Phi) is 4.19. The van der Waals surface area contributed by atoms with Crippen molar-refractivity contribution in [1.82, 2.24) is 5.32 Å². The number of rotatable bonds is 3. The number of Topliss-reactive ketones (excluding diaryl/α,β-unsaturated/α-hetero) is 1. The summed E-state index contributed by atoms with van der Waals surface area (Å²) in [5.41, 5.74) is 6.24. The fourth-order valence-corrected chi connectivity index (χ4v) is 3.90. The molecule has 4 heteroatoms. The van der Waals surface area contributed by atoms with Crippen LogP contribution in [0.5, 0.6) is 0 Å². The van der Waals surface area contributed by atoms with E-state index in [-0.39, 0.29) is 18.4 Å². The summed E-state index contributed by atoms with van der Waals surface area (Å²) >= 11 is 0. The van der Waals surface area contributed by atoms with Gasteiger partial charge in [0, 0.05) is 28.3 Å². The van der Waals surface area contributed by atoms with Gasteiger partial charge < -0.3 is 10.1 Å². The number of benzene rings is 2. The molecule has 0 bridgehead atoms. The highest BCUT2D eigenvalue weighted by Crippen LogP contribution is 2.46. The summed E-state index contributed by atoms with van der Waals surface area (Å²) in [4.78, 5) is 26.0. The SMILES string of the molecule is CCOC(=O)C1=C(C)NC2=C(C(=O)c3ccccc32)[C@H]1c1ccc(C)cc1. The Balaban J connectivity index is 1.92. The molecule has 1 heterocycles. The molecule has 1 atom stereocenters. The molecule has 4 rings (SSSR count). The van der Waals surface area contributed by atoms with Gasteiger partial charge in [-0.05, 0) is 26.3 Å². The van der Waals surface area contributed by atoms with Crippen molar-refractivity contribution in [3.05, 3.63) is 87.6 Å². The van der Waals surface area contributed by atoms with Crippen molar-refractivity contribution < 1.29 is 14.3 Å². The Bertz CT molecular complexity index is 1010. The minimum Gasteiger partial charge on any atom is -0.463 e. The molecule has 1 aliphatic heterocycles. The number of esters is 1. The van der Waals surface area contributed by atoms with Gasteiger partial charge in [0.05, 0.1) is 17.9 Å². The van der Waals surface area contributed by atoms with Crippen molar-refractivity contribution in [3.8, 4) is 0 Å². The molecule has 4 nitrogen and oxygen atoms in total. The first-order valence-electron chi connectivity index (χ1n) is 9.12. The molecule has 0 aromatic heterocycles. The third kappa shape index (κ3) is 2.69. The molecule has 0 amide bonds. The molecule has 0 fully saturated rings. The van der Waals surface area contributed by atoms with Crippen molar-refractivity contribution in [3.63, 3.8) is 0 Å². The highest BCUT2D eigenvalue weighted by atomic mass is 16.5. The minimum atomic E-state index is -0.444. The molecule has 2 aliphatic rings. The van der Waals surface area contributed by atoms with Crippen LogP contribution in [0.15, 0.2) is 65.4 Å². The topological polar surface area (TPSA) is 55.4 Å². The molecule has 0 saturated heterocycles. The molecule has 27 heavy (non-hydrogen) atoms. The third-order valence-electron chi connectivity index (χ3n) is 5.15. The summed E-state index contributed by atoms with van der Waals surface area (Å²) in [5.74, 6) is -0.864. The fourth-order valence-electron chi connectivity index (χ4n) is 3.90. The zero-order valence-electron chi connectivity index (χ0n) is 15.6. The Morgan fingerprint density at radius 2 is 1.70 bits per heavy atom. The lowest BCUT2D eigenvalue weighted by molar-refractivity contribution is -0.138. The van der Waals surface area contributed by atoms with Crippen molar-refractivity contribution >= 4 is 17.4 Å². The van der Waals surface area contributed by atoms with E-state index in [0.29, 0.717) is 16.7 Å². The first kappa shape index (κ1) is 17.3. The first-order valence-corrected chi connectivity index (χ1v) is 9.12. The Morgan fingerprint density at radius 3 is 2.37 bits per heavy atom. The van der Waals surface area contributed by atoms with Gasteiger partial charge in [0.25, 0.3) is 0 Å². The quantitative estimate of drug-likeness (QED) is 0.838. The normalized spacial score (nSPS) is 18.2. The molecule has 0 spiro atoms. The minimum absolute atomic E-state index is 0.0343. The van der Waals surface area contributed by atoms with Crippen molar-refractivity contribution in [2.24, 2.45) is 0 Å². The highest BCUT2D eigenvalue weighted by molar-refractivity contribution is 6.23. The zero-order chi connectivity index (χ0) is 19.1. The van der Waals surface area contributed by atoms with Crippen LogP contribution >= 0.6 is 0 Å². The monoisotopic (exact) mass is 359 g/mol. The molecule has 2 aromatic carbocycles. The van der Waals surface area contributed by atoms with Gasteiger partial charge in [-0.2, -0.15) is 0 Å². The Hall–Kier alpha value is -3.14. The number of dihydropyridines is 1. The number of fused-ring (bicyclic) bond motifs is 2. The summed E-state index contributed by atoms with van der Waals surface area (Å²) in [6.45, 7) is 5.95. The molecule has 0 unspecified atom stereocenters. The van der Waals surface area contributed by atoms with E-state index in [9.17, 15) is 9.59 Å². The smallest absolute Gasteiger partial charge is 0.336 e. The van der Waals surface area contributed by atoms with E-state index >= 15 is 0 Å². The van der Waals surface area contributed by atoms with Crippen molar-refractivity contribution in [2.75, 3.05) is 6.61 Å². The number of carbonyl (C=O) groups is 2. The molecule has 2 aromatic rings. The average molecular weight is 359 g/mol. The molecular weight excluding hydrogens is 338 g/mol. The van der Waals surface area contributed by atoms with Crippen molar-refractivity contribution in [2.45, 2.75) is 26.7 Å². The lowest BCUT2D eigenvalue weighted by atomic mass is 9.79. The Labute approximate surface area is 158 Å². The maximum Gasteiger partial charge on any atom is 0.336 e. The molecular formula is C23H21NO3. The summed E-state index contributed by atoms with van der Waals surface area (Å²) in [7, 11) is 0. The number of hydrogen-bond acceptors (Lipinski definition) is 4. The highest BCUT2D eigenvalue weighted by Gasteiger charge is 2.42. The van der Waals surface area contributed by atoms with Crippen LogP contribution in [0, 0.1) is 6.92 Å². The second-order valence-electron chi connectivity index (χ2n) is 6.89. The standard InChI is InChI=1S/C23H21NO3/c1-4-27-23(26)18-14(3)24-21-16-7-5-6-8-17(16)22(25)20(21)19(18)15-11-9-13(2)10-12-15/h5-12,19,24H,4H2,1-3H3/t19-/m0/s1. The molecule has 136 valence electrons. The fraction of sp³-hybridized carbons (Fsp3) is 0.217. The predicted octanol–water partition coefficient (Wildman–Crippen LogP) is 4.13. The van der Waals surface area contributed by atoms with E-state index in [2.05, 4.69) is 5.32 Å². The van der Waals surface area contributed by atoms with Gasteiger partial charge in [0.1, 0.15) is 0 Å². The van der Waals surface area contributed by atoms with Crippen LogP contribution in [0.3, 0.4) is 0 Å². The van der Waals surface area contributed by atoms with Gasteiger partial charge >= 0.3 is 5.97 Å². The number of ether oxygens (including phenoxy) is 1. The van der Waals surface area contributed by atoms with E-state index in [1.807, 2.05) is 62.4 Å². The summed E-state index contributed by atoms with van der Waals surface area (Å²) in [6.07, 6.45) is 0. The number of hydrogen-bond donors (Lipinski definition) is 1. The van der Waals surface area contributed by atoms with E-state index in [1.54, 1.807) is 6.92 Å². The maximum atomic E-state index is 13.2. The van der Waals surface area contributed by atoms with Gasteiger partial charge in [-0.25, -0.2) is 4.79 Å². The number of aryl methyl sites for hydroxylation is 1. The van der Waals surface area contributed by atoms with E-state index in [4.69, 9.17) is 4.74 Å². The predicted molar refractivity (Wildman–Crippen MR) is 104 cm³/mol. The molecule has 0 saturated carbocycles. The first-order chi connectivity index (χ1) is 13.0. The number of ketones is 1. The zero-order valence-corrected chi connectivity index (χ0v) is 15.6. The van der Waals surface area contributed by atoms with Crippen LogP contribution in [0.25, 0.3) is 5.70 Å². The van der Waals surface area contributed by atoms with Crippen LogP contribution in [-0.2, 0) is 9.53 Å². The lowest BCUT2D eigenvalue weighted by Gasteiger charge is -2.29. The van der Waals surface area contributed by atoms with Gasteiger partial charge in [-0.1, -0.05) is 54.1 Å². The van der Waals surface area contributed by atoms with Crippen molar-refractivity contribution in [1.29, 1.82) is 0 Å². The molecule has 1 N–H and O–H groups in total. The second-order valence-corrected chi connectivity index (χ2v) is 6.89.